The van der Waals surface area contributed by atoms with Gasteiger partial charge < -0.3 is 10.2 Å². The lowest BCUT2D eigenvalue weighted by molar-refractivity contribution is 0.0715. The van der Waals surface area contributed by atoms with Gasteiger partial charge in [0.2, 0.25) is 0 Å². The molecule has 2 heterocycles. The van der Waals surface area contributed by atoms with Crippen molar-refractivity contribution in [3.63, 3.8) is 0 Å². The van der Waals surface area contributed by atoms with Crippen LogP contribution in [-0.2, 0) is 0 Å². The lowest BCUT2D eigenvalue weighted by Crippen LogP contribution is -2.58. The average Bonchev–Trinajstić information content (AvgIpc) is 2.35. The zero-order valence-corrected chi connectivity index (χ0v) is 12.4. The maximum Gasteiger partial charge on any atom is 0.0347 e. The molecule has 0 aliphatic carbocycles. The van der Waals surface area contributed by atoms with E-state index in [0.29, 0.717) is 6.04 Å². The Bertz CT molecular complexity index is 244. The average molecular weight is 254 g/mol. The monoisotopic (exact) mass is 254 g/mol. The second kappa shape index (κ2) is 6.85. The van der Waals surface area contributed by atoms with Crippen LogP contribution in [0.1, 0.15) is 19.8 Å². The minimum atomic E-state index is 0.712. The highest BCUT2D eigenvalue weighted by atomic mass is 15.3. The van der Waals surface area contributed by atoms with Crippen molar-refractivity contribution < 1.29 is 0 Å². The fourth-order valence-corrected chi connectivity index (χ4v) is 3.20. The Morgan fingerprint density at radius 1 is 1.11 bits per heavy atom. The molecule has 0 aromatic rings. The molecule has 4 nitrogen and oxygen atoms in total. The van der Waals surface area contributed by atoms with E-state index in [9.17, 15) is 0 Å². The molecule has 4 heteroatoms. The van der Waals surface area contributed by atoms with Gasteiger partial charge in [-0.25, -0.2) is 0 Å². The molecule has 106 valence electrons. The molecule has 0 radical (unpaired) electrons. The summed E-state index contributed by atoms with van der Waals surface area (Å²) in [6.45, 7) is 10.8. The molecule has 0 aromatic carbocycles. The van der Waals surface area contributed by atoms with Crippen LogP contribution < -0.4 is 5.32 Å². The molecule has 2 unspecified atom stereocenters. The van der Waals surface area contributed by atoms with Gasteiger partial charge in [-0.1, -0.05) is 13.3 Å². The molecule has 2 rings (SSSR count). The standard InChI is InChI=1S/C14H30N4/c1-4-5-13-10-18(7-6-15-13)12-14-11-16(2)8-9-17(14)3/h13-15H,4-12H2,1-3H3. The van der Waals surface area contributed by atoms with Gasteiger partial charge in [0, 0.05) is 57.9 Å². The number of nitrogens with one attached hydrogen (secondary N) is 1. The molecule has 2 saturated heterocycles. The normalized spacial score (nSPS) is 32.8. The first-order valence-corrected chi connectivity index (χ1v) is 7.53. The number of hydrogen-bond donors (Lipinski definition) is 1. The van der Waals surface area contributed by atoms with Crippen molar-refractivity contribution in [1.82, 2.24) is 20.0 Å². The van der Waals surface area contributed by atoms with Gasteiger partial charge in [0.05, 0.1) is 0 Å². The summed E-state index contributed by atoms with van der Waals surface area (Å²) in [6.07, 6.45) is 2.61. The van der Waals surface area contributed by atoms with Crippen LogP contribution in [0.15, 0.2) is 0 Å². The Labute approximate surface area is 112 Å². The van der Waals surface area contributed by atoms with Crippen LogP contribution in [0.4, 0.5) is 0 Å². The first kappa shape index (κ1) is 14.3. The molecule has 0 amide bonds. The highest BCUT2D eigenvalue weighted by Gasteiger charge is 2.26. The molecule has 2 atom stereocenters. The molecule has 2 aliphatic heterocycles. The molecule has 0 aromatic heterocycles. The van der Waals surface area contributed by atoms with E-state index < -0.39 is 0 Å². The van der Waals surface area contributed by atoms with Crippen molar-refractivity contribution in [2.75, 3.05) is 59.9 Å². The second-order valence-electron chi connectivity index (χ2n) is 6.10. The molecule has 0 spiro atoms. The summed E-state index contributed by atoms with van der Waals surface area (Å²) in [6, 6.07) is 1.43. The largest absolute Gasteiger partial charge is 0.311 e. The highest BCUT2D eigenvalue weighted by molar-refractivity contribution is 4.85. The minimum absolute atomic E-state index is 0.712. The van der Waals surface area contributed by atoms with E-state index in [-0.39, 0.29) is 0 Å². The van der Waals surface area contributed by atoms with Crippen LogP contribution in [0.2, 0.25) is 0 Å². The van der Waals surface area contributed by atoms with E-state index >= 15 is 0 Å². The maximum absolute atomic E-state index is 3.64. The van der Waals surface area contributed by atoms with Gasteiger partial charge >= 0.3 is 0 Å². The third-order valence-electron chi connectivity index (χ3n) is 4.43. The Kier molecular flexibility index (Phi) is 5.42. The third-order valence-corrected chi connectivity index (χ3v) is 4.43. The molecule has 0 saturated carbocycles. The SMILES string of the molecule is CCCC1CN(CC2CN(C)CCN2C)CCN1. The summed E-state index contributed by atoms with van der Waals surface area (Å²) in [5.74, 6) is 0. The van der Waals surface area contributed by atoms with Gasteiger partial charge in [-0.2, -0.15) is 0 Å². The molecule has 18 heavy (non-hydrogen) atoms. The van der Waals surface area contributed by atoms with Gasteiger partial charge in [-0.05, 0) is 20.5 Å². The fourth-order valence-electron chi connectivity index (χ4n) is 3.20. The van der Waals surface area contributed by atoms with Crippen molar-refractivity contribution in [2.24, 2.45) is 0 Å². The summed E-state index contributed by atoms with van der Waals surface area (Å²) in [5.41, 5.74) is 0. The van der Waals surface area contributed by atoms with E-state index in [2.05, 4.69) is 41.0 Å². The molecule has 2 fully saturated rings. The quantitative estimate of drug-likeness (QED) is 0.779. The summed E-state index contributed by atoms with van der Waals surface area (Å²) in [4.78, 5) is 7.67. The number of hydrogen-bond acceptors (Lipinski definition) is 4. The van der Waals surface area contributed by atoms with Gasteiger partial charge in [0.15, 0.2) is 0 Å². The number of likely N-dealkylation sites (N-methyl/N-ethyl adjacent to an activating group) is 2. The fraction of sp³-hybridized carbons (Fsp3) is 1.00. The maximum atomic E-state index is 3.64. The topological polar surface area (TPSA) is 21.8 Å². The van der Waals surface area contributed by atoms with Gasteiger partial charge in [-0.3, -0.25) is 9.80 Å². The number of rotatable bonds is 4. The first-order valence-electron chi connectivity index (χ1n) is 7.53. The van der Waals surface area contributed by atoms with Crippen LogP contribution in [0.3, 0.4) is 0 Å². The van der Waals surface area contributed by atoms with Crippen LogP contribution in [0.25, 0.3) is 0 Å². The van der Waals surface area contributed by atoms with Crippen molar-refractivity contribution in [3.8, 4) is 0 Å². The van der Waals surface area contributed by atoms with Crippen molar-refractivity contribution >= 4 is 0 Å². The van der Waals surface area contributed by atoms with Gasteiger partial charge in [-0.15, -0.1) is 0 Å². The van der Waals surface area contributed by atoms with E-state index in [1.165, 1.54) is 52.1 Å². The van der Waals surface area contributed by atoms with Crippen LogP contribution in [0.5, 0.6) is 0 Å². The van der Waals surface area contributed by atoms with E-state index in [1.54, 1.807) is 0 Å². The Morgan fingerprint density at radius 2 is 1.94 bits per heavy atom. The van der Waals surface area contributed by atoms with Crippen LogP contribution in [-0.4, -0.2) is 86.7 Å². The highest BCUT2D eigenvalue weighted by Crippen LogP contribution is 2.11. The first-order chi connectivity index (χ1) is 8.69. The van der Waals surface area contributed by atoms with Gasteiger partial charge in [0.25, 0.3) is 0 Å². The molecular weight excluding hydrogens is 224 g/mol. The molecular formula is C14H30N4. The Balaban J connectivity index is 1.80. The minimum Gasteiger partial charge on any atom is -0.311 e. The van der Waals surface area contributed by atoms with E-state index in [4.69, 9.17) is 0 Å². The smallest absolute Gasteiger partial charge is 0.0347 e. The Hall–Kier alpha value is -0.160. The summed E-state index contributed by atoms with van der Waals surface area (Å²) < 4.78 is 0. The second-order valence-corrected chi connectivity index (χ2v) is 6.10. The summed E-state index contributed by atoms with van der Waals surface area (Å²) in [7, 11) is 4.53. The van der Waals surface area contributed by atoms with E-state index in [0.717, 1.165) is 12.6 Å². The van der Waals surface area contributed by atoms with Crippen LogP contribution >= 0.6 is 0 Å². The van der Waals surface area contributed by atoms with Crippen molar-refractivity contribution in [1.29, 1.82) is 0 Å². The predicted molar refractivity (Wildman–Crippen MR) is 77.1 cm³/mol. The third kappa shape index (κ3) is 3.92. The van der Waals surface area contributed by atoms with Crippen molar-refractivity contribution in [2.45, 2.75) is 31.8 Å². The summed E-state index contributed by atoms with van der Waals surface area (Å²) >= 11 is 0. The summed E-state index contributed by atoms with van der Waals surface area (Å²) in [5, 5.41) is 3.64. The lowest BCUT2D eigenvalue weighted by atomic mass is 10.1. The molecule has 1 N–H and O–H groups in total. The van der Waals surface area contributed by atoms with Crippen LogP contribution in [0, 0.1) is 0 Å². The predicted octanol–water partition coefficient (Wildman–Crippen LogP) is 0.306. The zero-order valence-electron chi connectivity index (χ0n) is 12.4. The number of nitrogens with zero attached hydrogens (tertiary/aromatic N) is 3. The molecule has 2 aliphatic rings. The zero-order chi connectivity index (χ0) is 13.0. The van der Waals surface area contributed by atoms with Gasteiger partial charge in [0.1, 0.15) is 0 Å². The number of piperazine rings is 2. The molecule has 0 bridgehead atoms. The Morgan fingerprint density at radius 3 is 2.72 bits per heavy atom. The van der Waals surface area contributed by atoms with Crippen molar-refractivity contribution in [3.05, 3.63) is 0 Å². The lowest BCUT2D eigenvalue weighted by Gasteiger charge is -2.42. The van der Waals surface area contributed by atoms with E-state index in [1.807, 2.05) is 0 Å².